The van der Waals surface area contributed by atoms with Gasteiger partial charge in [0, 0.05) is 12.6 Å². The molecule has 1 heterocycles. The predicted molar refractivity (Wildman–Crippen MR) is 66.1 cm³/mol. The van der Waals surface area contributed by atoms with Crippen LogP contribution in [-0.2, 0) is 11.2 Å². The van der Waals surface area contributed by atoms with Gasteiger partial charge in [-0.25, -0.2) is 4.68 Å². The van der Waals surface area contributed by atoms with E-state index in [4.69, 9.17) is 9.84 Å². The topological polar surface area (TPSA) is 64.3 Å². The molecule has 0 aliphatic rings. The van der Waals surface area contributed by atoms with Crippen molar-refractivity contribution in [3.8, 4) is 11.4 Å². The van der Waals surface area contributed by atoms with Crippen molar-refractivity contribution in [2.45, 2.75) is 12.8 Å². The van der Waals surface area contributed by atoms with E-state index in [0.29, 0.717) is 6.42 Å². The molecule has 0 saturated carbocycles. The fourth-order valence-corrected chi connectivity index (χ4v) is 1.61. The molecular formula is C13H14N2O3. The predicted octanol–water partition coefficient (Wildman–Crippen LogP) is 1.90. The highest BCUT2D eigenvalue weighted by atomic mass is 16.5. The van der Waals surface area contributed by atoms with E-state index >= 15 is 0 Å². The Morgan fingerprint density at radius 3 is 2.67 bits per heavy atom. The Kier molecular flexibility index (Phi) is 3.62. The Hall–Kier alpha value is -2.30. The molecule has 2 rings (SSSR count). The van der Waals surface area contributed by atoms with Gasteiger partial charge in [-0.3, -0.25) is 4.79 Å². The maximum Gasteiger partial charge on any atom is 0.303 e. The Balaban J connectivity index is 2.10. The Morgan fingerprint density at radius 1 is 1.33 bits per heavy atom. The standard InChI is InChI=1S/C13H14N2O3/c1-18-12-5-3-11(4-6-12)15-9-8-10(14-15)2-7-13(16)17/h3-6,8-9H,2,7H2,1H3,(H,16,17). The summed E-state index contributed by atoms with van der Waals surface area (Å²) in [7, 11) is 1.62. The van der Waals surface area contributed by atoms with Crippen LogP contribution in [0, 0.1) is 0 Å². The molecule has 0 unspecified atom stereocenters. The summed E-state index contributed by atoms with van der Waals surface area (Å²) in [6, 6.07) is 9.33. The number of aromatic nitrogens is 2. The number of methoxy groups -OCH3 is 1. The van der Waals surface area contributed by atoms with E-state index in [1.165, 1.54) is 0 Å². The summed E-state index contributed by atoms with van der Waals surface area (Å²) in [6.45, 7) is 0. The van der Waals surface area contributed by atoms with Crippen LogP contribution in [0.5, 0.6) is 5.75 Å². The monoisotopic (exact) mass is 246 g/mol. The minimum Gasteiger partial charge on any atom is -0.497 e. The van der Waals surface area contributed by atoms with Crippen LogP contribution < -0.4 is 4.74 Å². The number of rotatable bonds is 5. The number of carboxylic acids is 1. The number of carbonyl (C=O) groups is 1. The van der Waals surface area contributed by atoms with E-state index in [1.807, 2.05) is 36.5 Å². The minimum absolute atomic E-state index is 0.0969. The summed E-state index contributed by atoms with van der Waals surface area (Å²) < 4.78 is 6.80. The van der Waals surface area contributed by atoms with Gasteiger partial charge in [0.2, 0.25) is 0 Å². The van der Waals surface area contributed by atoms with Gasteiger partial charge in [-0.1, -0.05) is 0 Å². The van der Waals surface area contributed by atoms with E-state index in [1.54, 1.807) is 11.8 Å². The zero-order chi connectivity index (χ0) is 13.0. The van der Waals surface area contributed by atoms with Gasteiger partial charge in [0.15, 0.2) is 0 Å². The van der Waals surface area contributed by atoms with Crippen LogP contribution in [0.25, 0.3) is 5.69 Å². The van der Waals surface area contributed by atoms with Crippen LogP contribution in [0.15, 0.2) is 36.5 Å². The lowest BCUT2D eigenvalue weighted by Gasteiger charge is -2.03. The molecule has 0 radical (unpaired) electrons. The van der Waals surface area contributed by atoms with E-state index < -0.39 is 5.97 Å². The van der Waals surface area contributed by atoms with Crippen LogP contribution in [0.1, 0.15) is 12.1 Å². The largest absolute Gasteiger partial charge is 0.497 e. The van der Waals surface area contributed by atoms with Crippen LogP contribution in [-0.4, -0.2) is 28.0 Å². The van der Waals surface area contributed by atoms with Crippen molar-refractivity contribution in [3.05, 3.63) is 42.2 Å². The molecule has 1 aromatic heterocycles. The molecule has 0 atom stereocenters. The maximum absolute atomic E-state index is 10.5. The number of ether oxygens (including phenoxy) is 1. The van der Waals surface area contributed by atoms with Crippen LogP contribution in [0.3, 0.4) is 0 Å². The molecule has 18 heavy (non-hydrogen) atoms. The zero-order valence-electron chi connectivity index (χ0n) is 10.0. The van der Waals surface area contributed by atoms with E-state index in [9.17, 15) is 4.79 Å². The third kappa shape index (κ3) is 2.88. The number of hydrogen-bond donors (Lipinski definition) is 1. The van der Waals surface area contributed by atoms with Gasteiger partial charge in [-0.05, 0) is 30.3 Å². The molecule has 0 fully saturated rings. The fraction of sp³-hybridized carbons (Fsp3) is 0.231. The minimum atomic E-state index is -0.811. The van der Waals surface area contributed by atoms with E-state index in [2.05, 4.69) is 5.10 Å². The highest BCUT2D eigenvalue weighted by molar-refractivity contribution is 5.66. The number of hydrogen-bond acceptors (Lipinski definition) is 3. The van der Waals surface area contributed by atoms with Crippen LogP contribution in [0.4, 0.5) is 0 Å². The van der Waals surface area contributed by atoms with Crippen molar-refractivity contribution in [2.24, 2.45) is 0 Å². The molecule has 0 spiro atoms. The SMILES string of the molecule is COc1ccc(-n2ccc(CCC(=O)O)n2)cc1. The van der Waals surface area contributed by atoms with Crippen molar-refractivity contribution in [2.75, 3.05) is 7.11 Å². The molecule has 0 aliphatic heterocycles. The lowest BCUT2D eigenvalue weighted by Crippen LogP contribution is -2.00. The highest BCUT2D eigenvalue weighted by Crippen LogP contribution is 2.14. The zero-order valence-corrected chi connectivity index (χ0v) is 10.0. The van der Waals surface area contributed by atoms with Crippen molar-refractivity contribution < 1.29 is 14.6 Å². The number of aliphatic carboxylic acids is 1. The summed E-state index contributed by atoms with van der Waals surface area (Å²) in [5.74, 6) is -0.0222. The third-order valence-electron chi connectivity index (χ3n) is 2.58. The molecular weight excluding hydrogens is 232 g/mol. The quantitative estimate of drug-likeness (QED) is 0.875. The van der Waals surface area contributed by atoms with E-state index in [-0.39, 0.29) is 6.42 Å². The second-order valence-electron chi connectivity index (χ2n) is 3.84. The normalized spacial score (nSPS) is 10.3. The van der Waals surface area contributed by atoms with Crippen molar-refractivity contribution in [3.63, 3.8) is 0 Å². The Labute approximate surface area is 105 Å². The van der Waals surface area contributed by atoms with Crippen LogP contribution >= 0.6 is 0 Å². The second-order valence-corrected chi connectivity index (χ2v) is 3.84. The number of nitrogens with zero attached hydrogens (tertiary/aromatic N) is 2. The average Bonchev–Trinajstić information content (AvgIpc) is 2.85. The Bertz CT molecular complexity index is 531. The van der Waals surface area contributed by atoms with Gasteiger partial charge in [0.05, 0.1) is 24.9 Å². The van der Waals surface area contributed by atoms with Gasteiger partial charge in [0.1, 0.15) is 5.75 Å². The average molecular weight is 246 g/mol. The first-order valence-electron chi connectivity index (χ1n) is 5.60. The molecule has 1 N–H and O–H groups in total. The summed E-state index contributed by atoms with van der Waals surface area (Å²) in [6.07, 6.45) is 2.36. The lowest BCUT2D eigenvalue weighted by molar-refractivity contribution is -0.136. The molecule has 0 amide bonds. The first-order valence-corrected chi connectivity index (χ1v) is 5.60. The van der Waals surface area contributed by atoms with Gasteiger partial charge in [-0.15, -0.1) is 0 Å². The van der Waals surface area contributed by atoms with Crippen LogP contribution in [0.2, 0.25) is 0 Å². The summed E-state index contributed by atoms with van der Waals surface area (Å²) in [5.41, 5.74) is 1.69. The molecule has 0 saturated heterocycles. The smallest absolute Gasteiger partial charge is 0.303 e. The van der Waals surface area contributed by atoms with Gasteiger partial charge in [-0.2, -0.15) is 5.10 Å². The maximum atomic E-state index is 10.5. The summed E-state index contributed by atoms with van der Waals surface area (Å²) in [4.78, 5) is 10.5. The molecule has 5 heteroatoms. The molecule has 2 aromatic rings. The summed E-state index contributed by atoms with van der Waals surface area (Å²) >= 11 is 0. The first kappa shape index (κ1) is 12.2. The second kappa shape index (κ2) is 5.35. The molecule has 0 aliphatic carbocycles. The molecule has 94 valence electrons. The number of carboxylic acid groups (broad SMARTS) is 1. The number of aryl methyl sites for hydroxylation is 1. The molecule has 0 bridgehead atoms. The van der Waals surface area contributed by atoms with Crippen molar-refractivity contribution in [1.82, 2.24) is 9.78 Å². The van der Waals surface area contributed by atoms with E-state index in [0.717, 1.165) is 17.1 Å². The molecule has 1 aromatic carbocycles. The fourth-order valence-electron chi connectivity index (χ4n) is 1.61. The number of benzene rings is 1. The van der Waals surface area contributed by atoms with Gasteiger partial charge in [0.25, 0.3) is 0 Å². The highest BCUT2D eigenvalue weighted by Gasteiger charge is 2.04. The molecule has 5 nitrogen and oxygen atoms in total. The third-order valence-corrected chi connectivity index (χ3v) is 2.58. The lowest BCUT2D eigenvalue weighted by atomic mass is 10.2. The Morgan fingerprint density at radius 2 is 2.06 bits per heavy atom. The van der Waals surface area contributed by atoms with Gasteiger partial charge < -0.3 is 9.84 Å². The first-order chi connectivity index (χ1) is 8.69. The van der Waals surface area contributed by atoms with Gasteiger partial charge >= 0.3 is 5.97 Å². The van der Waals surface area contributed by atoms with Crippen molar-refractivity contribution >= 4 is 5.97 Å². The van der Waals surface area contributed by atoms with Crippen molar-refractivity contribution in [1.29, 1.82) is 0 Å². The summed E-state index contributed by atoms with van der Waals surface area (Å²) in [5, 5.41) is 12.9.